The molecule has 158 valence electrons. The van der Waals surface area contributed by atoms with Gasteiger partial charge in [0.1, 0.15) is 0 Å². The average Bonchev–Trinajstić information content (AvgIpc) is 3.32. The normalized spacial score (nSPS) is 15.6. The lowest BCUT2D eigenvalue weighted by Crippen LogP contribution is -2.33. The first kappa shape index (κ1) is 19.7. The van der Waals surface area contributed by atoms with Crippen molar-refractivity contribution in [2.24, 2.45) is 5.73 Å². The number of amides is 1. The molecule has 1 saturated carbocycles. The Balaban J connectivity index is 1.35. The van der Waals surface area contributed by atoms with Crippen molar-refractivity contribution in [3.05, 3.63) is 77.4 Å². The highest BCUT2D eigenvalue weighted by atomic mass is 19.2. The van der Waals surface area contributed by atoms with Crippen LogP contribution in [-0.2, 0) is 16.8 Å². The summed E-state index contributed by atoms with van der Waals surface area (Å²) in [5, 5.41) is 4.36. The molecule has 1 heterocycles. The number of halogens is 2. The second-order valence-corrected chi connectivity index (χ2v) is 8.49. The molecular weight excluding hydrogens is 396 g/mol. The predicted molar refractivity (Wildman–Crippen MR) is 119 cm³/mol. The van der Waals surface area contributed by atoms with Gasteiger partial charge in [-0.15, -0.1) is 0 Å². The van der Waals surface area contributed by atoms with E-state index in [2.05, 4.69) is 10.3 Å². The van der Waals surface area contributed by atoms with Gasteiger partial charge < -0.3 is 16.0 Å². The lowest BCUT2D eigenvalue weighted by atomic mass is 9.89. The van der Waals surface area contributed by atoms with E-state index in [0.717, 1.165) is 59.5 Å². The number of hydrogen-bond acceptors (Lipinski definition) is 2. The summed E-state index contributed by atoms with van der Waals surface area (Å²) in [5.41, 5.74) is 10.1. The molecule has 0 aliphatic heterocycles. The predicted octanol–water partition coefficient (Wildman–Crippen LogP) is 5.51. The van der Waals surface area contributed by atoms with Crippen LogP contribution in [0.2, 0.25) is 0 Å². The summed E-state index contributed by atoms with van der Waals surface area (Å²) in [6.45, 7) is 0. The van der Waals surface area contributed by atoms with Crippen LogP contribution in [0.1, 0.15) is 36.8 Å². The Bertz CT molecular complexity index is 1310. The number of aromatic nitrogens is 1. The van der Waals surface area contributed by atoms with E-state index in [9.17, 15) is 13.6 Å². The maximum absolute atomic E-state index is 13.6. The van der Waals surface area contributed by atoms with Gasteiger partial charge in [-0.1, -0.05) is 37.1 Å². The summed E-state index contributed by atoms with van der Waals surface area (Å²) >= 11 is 0. The molecule has 6 heteroatoms. The second-order valence-electron chi connectivity index (χ2n) is 8.49. The summed E-state index contributed by atoms with van der Waals surface area (Å²) in [6, 6.07) is 15.6. The number of nitrogens with two attached hydrogens (primary N) is 1. The molecule has 1 aliphatic carbocycles. The highest BCUT2D eigenvalue weighted by Crippen LogP contribution is 2.37. The van der Waals surface area contributed by atoms with Gasteiger partial charge in [-0.2, -0.15) is 0 Å². The van der Waals surface area contributed by atoms with Crippen molar-refractivity contribution in [2.75, 3.05) is 5.32 Å². The van der Waals surface area contributed by atoms with E-state index in [0.29, 0.717) is 10.9 Å². The number of nitrogens with one attached hydrogen (secondary N) is 2. The third kappa shape index (κ3) is 3.68. The molecule has 1 fully saturated rings. The summed E-state index contributed by atoms with van der Waals surface area (Å²) in [5.74, 6) is -1.91. The molecule has 4 aromatic rings. The van der Waals surface area contributed by atoms with E-state index < -0.39 is 11.6 Å². The Kier molecular flexibility index (Phi) is 4.74. The fourth-order valence-electron chi connectivity index (χ4n) is 4.65. The van der Waals surface area contributed by atoms with Gasteiger partial charge in [-0.05, 0) is 48.2 Å². The minimum atomic E-state index is -0.891. The highest BCUT2D eigenvalue weighted by molar-refractivity contribution is 6.07. The van der Waals surface area contributed by atoms with E-state index in [1.165, 1.54) is 6.07 Å². The van der Waals surface area contributed by atoms with Gasteiger partial charge in [-0.3, -0.25) is 4.79 Å². The highest BCUT2D eigenvalue weighted by Gasteiger charge is 2.31. The topological polar surface area (TPSA) is 70.9 Å². The van der Waals surface area contributed by atoms with Gasteiger partial charge in [0.25, 0.3) is 0 Å². The van der Waals surface area contributed by atoms with Crippen molar-refractivity contribution < 1.29 is 13.6 Å². The van der Waals surface area contributed by atoms with Crippen LogP contribution in [0, 0.1) is 11.6 Å². The van der Waals surface area contributed by atoms with Crippen LogP contribution in [0.4, 0.5) is 14.5 Å². The van der Waals surface area contributed by atoms with Crippen LogP contribution in [0.15, 0.2) is 54.6 Å². The lowest BCUT2D eigenvalue weighted by Gasteiger charge is -2.24. The Morgan fingerprint density at radius 2 is 1.71 bits per heavy atom. The van der Waals surface area contributed by atoms with Crippen LogP contribution in [-0.4, -0.2) is 10.9 Å². The van der Waals surface area contributed by atoms with Crippen molar-refractivity contribution in [1.29, 1.82) is 0 Å². The fourth-order valence-corrected chi connectivity index (χ4v) is 4.65. The molecule has 0 unspecified atom stereocenters. The number of benzene rings is 3. The summed E-state index contributed by atoms with van der Waals surface area (Å²) in [6.07, 6.45) is 4.36. The third-order valence-corrected chi connectivity index (χ3v) is 6.29. The minimum absolute atomic E-state index is 0.137. The maximum atomic E-state index is 13.6. The largest absolute Gasteiger partial charge is 0.354 e. The summed E-state index contributed by atoms with van der Waals surface area (Å²) < 4.78 is 27.1. The van der Waals surface area contributed by atoms with Crippen LogP contribution in [0.25, 0.3) is 21.8 Å². The number of aromatic amines is 1. The monoisotopic (exact) mass is 419 g/mol. The van der Waals surface area contributed by atoms with Gasteiger partial charge in [0, 0.05) is 39.1 Å². The number of fused-ring (bicyclic) bond motifs is 3. The summed E-state index contributed by atoms with van der Waals surface area (Å²) in [4.78, 5) is 15.7. The molecular formula is C25H23F2N3O. The van der Waals surface area contributed by atoms with Gasteiger partial charge >= 0.3 is 0 Å². The number of rotatable bonds is 4. The van der Waals surface area contributed by atoms with Crippen molar-refractivity contribution in [2.45, 2.75) is 37.6 Å². The van der Waals surface area contributed by atoms with E-state index in [1.807, 2.05) is 42.5 Å². The number of hydrogen-bond donors (Lipinski definition) is 3. The molecule has 4 nitrogen and oxygen atoms in total. The van der Waals surface area contributed by atoms with E-state index in [4.69, 9.17) is 5.73 Å². The molecule has 1 aliphatic rings. The molecule has 1 aromatic heterocycles. The lowest BCUT2D eigenvalue weighted by molar-refractivity contribution is -0.115. The van der Waals surface area contributed by atoms with Gasteiger partial charge in [-0.25, -0.2) is 8.78 Å². The van der Waals surface area contributed by atoms with Crippen LogP contribution in [0.3, 0.4) is 0 Å². The molecule has 0 radical (unpaired) electrons. The number of anilines is 1. The molecule has 3 aromatic carbocycles. The molecule has 0 bridgehead atoms. The van der Waals surface area contributed by atoms with Crippen molar-refractivity contribution in [3.8, 4) is 0 Å². The number of carbonyl (C=O) groups is 1. The number of carbonyl (C=O) groups excluding carboxylic acids is 1. The van der Waals surface area contributed by atoms with Crippen LogP contribution >= 0.6 is 0 Å². The van der Waals surface area contributed by atoms with Gasteiger partial charge in [0.05, 0.1) is 6.42 Å². The van der Waals surface area contributed by atoms with Crippen molar-refractivity contribution in [1.82, 2.24) is 4.98 Å². The molecule has 31 heavy (non-hydrogen) atoms. The molecule has 0 saturated heterocycles. The SMILES string of the molecule is NC1(c2cccc(NC(=O)Cc3ccc4c(c3)[nH]c3cc(F)c(F)cc34)c2)CCCC1. The summed E-state index contributed by atoms with van der Waals surface area (Å²) in [7, 11) is 0. The zero-order chi connectivity index (χ0) is 21.6. The smallest absolute Gasteiger partial charge is 0.228 e. The average molecular weight is 419 g/mol. The van der Waals surface area contributed by atoms with Crippen molar-refractivity contribution in [3.63, 3.8) is 0 Å². The van der Waals surface area contributed by atoms with Gasteiger partial charge in [0.2, 0.25) is 5.91 Å². The molecule has 5 rings (SSSR count). The second kappa shape index (κ2) is 7.46. The maximum Gasteiger partial charge on any atom is 0.228 e. The van der Waals surface area contributed by atoms with Crippen LogP contribution in [0.5, 0.6) is 0 Å². The standard InChI is InChI=1S/C25H23F2N3O/c26-20-13-19-18-7-6-15(10-22(18)30-23(19)14-21(20)27)11-24(31)29-17-5-3-4-16(12-17)25(28)8-1-2-9-25/h3-7,10,12-14,30H,1-2,8-9,11,28H2,(H,29,31). The van der Waals surface area contributed by atoms with E-state index >= 15 is 0 Å². The van der Waals surface area contributed by atoms with Crippen molar-refractivity contribution >= 4 is 33.4 Å². The first-order valence-electron chi connectivity index (χ1n) is 10.5. The molecule has 4 N–H and O–H groups in total. The van der Waals surface area contributed by atoms with Crippen LogP contribution < -0.4 is 11.1 Å². The Labute approximate surface area is 178 Å². The zero-order valence-corrected chi connectivity index (χ0v) is 17.0. The minimum Gasteiger partial charge on any atom is -0.354 e. The van der Waals surface area contributed by atoms with E-state index in [-0.39, 0.29) is 17.9 Å². The third-order valence-electron chi connectivity index (χ3n) is 6.29. The van der Waals surface area contributed by atoms with Gasteiger partial charge in [0.15, 0.2) is 11.6 Å². The van der Waals surface area contributed by atoms with E-state index in [1.54, 1.807) is 0 Å². The Hall–Kier alpha value is -3.25. The first-order chi connectivity index (χ1) is 14.9. The fraction of sp³-hybridized carbons (Fsp3) is 0.240. The molecule has 0 spiro atoms. The zero-order valence-electron chi connectivity index (χ0n) is 17.0. The first-order valence-corrected chi connectivity index (χ1v) is 10.5. The Morgan fingerprint density at radius 3 is 2.52 bits per heavy atom. The molecule has 0 atom stereocenters. The molecule has 1 amide bonds. The number of H-pyrrole nitrogens is 1. The Morgan fingerprint density at radius 1 is 0.968 bits per heavy atom. The quantitative estimate of drug-likeness (QED) is 0.408.